The minimum atomic E-state index is 0.406. The summed E-state index contributed by atoms with van der Waals surface area (Å²) in [6.07, 6.45) is 3.67. The molecule has 31 heavy (non-hydrogen) atoms. The maximum Gasteiger partial charge on any atom is 0.191 e. The third kappa shape index (κ3) is 8.41. The fourth-order valence-electron chi connectivity index (χ4n) is 4.36. The van der Waals surface area contributed by atoms with Gasteiger partial charge < -0.3 is 20.3 Å². The van der Waals surface area contributed by atoms with Crippen molar-refractivity contribution < 1.29 is 4.74 Å². The standard InChI is InChI=1S/C24H42N6O/c1-25-24(27-18-22-20-28(2)15-16-29(22)3)26-12-7-17-31-23-10-13-30(14-11-23)19-21-8-5-4-6-9-21/h4-6,8-9,22-23H,7,10-20H2,1-3H3,(H2,25,26,27). The van der Waals surface area contributed by atoms with Gasteiger partial charge in [-0.15, -0.1) is 0 Å². The number of guanidine groups is 1. The van der Waals surface area contributed by atoms with Crippen LogP contribution in [0, 0.1) is 0 Å². The number of aliphatic imine (C=N–C) groups is 1. The number of hydrogen-bond acceptors (Lipinski definition) is 5. The Morgan fingerprint density at radius 2 is 1.84 bits per heavy atom. The van der Waals surface area contributed by atoms with Crippen molar-refractivity contribution in [2.24, 2.45) is 4.99 Å². The number of nitrogens with one attached hydrogen (secondary N) is 2. The number of nitrogens with zero attached hydrogens (tertiary/aromatic N) is 4. The smallest absolute Gasteiger partial charge is 0.191 e. The van der Waals surface area contributed by atoms with Crippen molar-refractivity contribution in [1.29, 1.82) is 0 Å². The lowest BCUT2D eigenvalue weighted by atomic mass is 10.1. The van der Waals surface area contributed by atoms with Crippen LogP contribution in [0.25, 0.3) is 0 Å². The quantitative estimate of drug-likeness (QED) is 0.352. The fraction of sp³-hybridized carbons (Fsp3) is 0.708. The zero-order valence-electron chi connectivity index (χ0n) is 19.7. The van der Waals surface area contributed by atoms with Gasteiger partial charge in [0, 0.05) is 72.1 Å². The second-order valence-electron chi connectivity index (χ2n) is 8.96. The monoisotopic (exact) mass is 430 g/mol. The molecule has 0 spiro atoms. The largest absolute Gasteiger partial charge is 0.378 e. The van der Waals surface area contributed by atoms with E-state index in [0.29, 0.717) is 12.1 Å². The van der Waals surface area contributed by atoms with Crippen LogP contribution in [0.15, 0.2) is 35.3 Å². The van der Waals surface area contributed by atoms with Crippen molar-refractivity contribution in [3.05, 3.63) is 35.9 Å². The van der Waals surface area contributed by atoms with Crippen LogP contribution < -0.4 is 10.6 Å². The fourth-order valence-corrected chi connectivity index (χ4v) is 4.36. The van der Waals surface area contributed by atoms with E-state index < -0.39 is 0 Å². The molecule has 1 unspecified atom stereocenters. The maximum atomic E-state index is 6.14. The number of benzene rings is 1. The SMILES string of the molecule is CN=C(NCCCOC1CCN(Cc2ccccc2)CC1)NCC1CN(C)CCN1C. The molecular weight excluding hydrogens is 388 g/mol. The van der Waals surface area contributed by atoms with Crippen molar-refractivity contribution in [1.82, 2.24) is 25.3 Å². The van der Waals surface area contributed by atoms with Crippen molar-refractivity contribution >= 4 is 5.96 Å². The van der Waals surface area contributed by atoms with Crippen molar-refractivity contribution in [3.8, 4) is 0 Å². The summed E-state index contributed by atoms with van der Waals surface area (Å²) < 4.78 is 6.14. The van der Waals surface area contributed by atoms with Gasteiger partial charge in [-0.1, -0.05) is 30.3 Å². The van der Waals surface area contributed by atoms with Crippen LogP contribution in [0.2, 0.25) is 0 Å². The first-order chi connectivity index (χ1) is 15.1. The van der Waals surface area contributed by atoms with Gasteiger partial charge >= 0.3 is 0 Å². The molecular formula is C24H42N6O. The Bertz CT molecular complexity index is 647. The Morgan fingerprint density at radius 1 is 1.06 bits per heavy atom. The highest BCUT2D eigenvalue weighted by Gasteiger charge is 2.22. The lowest BCUT2D eigenvalue weighted by molar-refractivity contribution is 0.00534. The number of likely N-dealkylation sites (tertiary alicyclic amines) is 1. The summed E-state index contributed by atoms with van der Waals surface area (Å²) >= 11 is 0. The summed E-state index contributed by atoms with van der Waals surface area (Å²) in [6.45, 7) is 9.27. The first kappa shape index (κ1) is 24.0. The molecule has 2 aliphatic heterocycles. The van der Waals surface area contributed by atoms with Gasteiger partial charge in [0.1, 0.15) is 0 Å². The third-order valence-electron chi connectivity index (χ3n) is 6.46. The molecule has 1 aromatic rings. The normalized spacial score (nSPS) is 22.5. The number of hydrogen-bond donors (Lipinski definition) is 2. The molecule has 1 atom stereocenters. The molecule has 0 radical (unpaired) electrons. The molecule has 0 aliphatic carbocycles. The Morgan fingerprint density at radius 3 is 2.58 bits per heavy atom. The van der Waals surface area contributed by atoms with Crippen LogP contribution in [0.3, 0.4) is 0 Å². The van der Waals surface area contributed by atoms with Gasteiger partial charge in [-0.2, -0.15) is 0 Å². The summed E-state index contributed by atoms with van der Waals surface area (Å²) in [5.74, 6) is 0.885. The first-order valence-electron chi connectivity index (χ1n) is 11.8. The van der Waals surface area contributed by atoms with E-state index in [-0.39, 0.29) is 0 Å². The molecule has 0 aromatic heterocycles. The van der Waals surface area contributed by atoms with Crippen LogP contribution in [0.4, 0.5) is 0 Å². The Hall–Kier alpha value is -1.67. The molecule has 0 saturated carbocycles. The molecule has 3 rings (SSSR count). The van der Waals surface area contributed by atoms with E-state index in [1.807, 2.05) is 7.05 Å². The minimum Gasteiger partial charge on any atom is -0.378 e. The lowest BCUT2D eigenvalue weighted by Gasteiger charge is -2.37. The minimum absolute atomic E-state index is 0.406. The molecule has 1 aromatic carbocycles. The summed E-state index contributed by atoms with van der Waals surface area (Å²) in [7, 11) is 6.24. The average Bonchev–Trinajstić information content (AvgIpc) is 2.79. The van der Waals surface area contributed by atoms with Crippen molar-refractivity contribution in [3.63, 3.8) is 0 Å². The van der Waals surface area contributed by atoms with Gasteiger partial charge in [-0.25, -0.2) is 0 Å². The van der Waals surface area contributed by atoms with Crippen LogP contribution in [0.5, 0.6) is 0 Å². The lowest BCUT2D eigenvalue weighted by Crippen LogP contribution is -2.55. The summed E-state index contributed by atoms with van der Waals surface area (Å²) in [5, 5.41) is 6.91. The number of ether oxygens (including phenoxy) is 1. The average molecular weight is 431 g/mol. The van der Waals surface area contributed by atoms with Gasteiger partial charge in [0.15, 0.2) is 5.96 Å². The predicted octanol–water partition coefficient (Wildman–Crippen LogP) is 1.47. The van der Waals surface area contributed by atoms with Crippen LogP contribution in [0.1, 0.15) is 24.8 Å². The summed E-state index contributed by atoms with van der Waals surface area (Å²) in [6, 6.07) is 11.3. The topological polar surface area (TPSA) is 55.4 Å². The highest BCUT2D eigenvalue weighted by Crippen LogP contribution is 2.16. The second kappa shape index (κ2) is 13.0. The molecule has 0 bridgehead atoms. The van der Waals surface area contributed by atoms with E-state index in [1.54, 1.807) is 0 Å². The Labute approximate surface area is 188 Å². The van der Waals surface area contributed by atoms with E-state index in [1.165, 1.54) is 5.56 Å². The first-order valence-corrected chi connectivity index (χ1v) is 11.8. The van der Waals surface area contributed by atoms with Gasteiger partial charge in [0.25, 0.3) is 0 Å². The summed E-state index contributed by atoms with van der Waals surface area (Å²) in [4.78, 5) is 11.7. The number of likely N-dealkylation sites (N-methyl/N-ethyl adjacent to an activating group) is 2. The van der Waals surface area contributed by atoms with Crippen molar-refractivity contribution in [2.45, 2.75) is 38.0 Å². The number of piperazine rings is 1. The molecule has 7 nitrogen and oxygen atoms in total. The molecule has 174 valence electrons. The molecule has 2 N–H and O–H groups in total. The van der Waals surface area contributed by atoms with E-state index >= 15 is 0 Å². The molecule has 2 fully saturated rings. The predicted molar refractivity (Wildman–Crippen MR) is 129 cm³/mol. The highest BCUT2D eigenvalue weighted by molar-refractivity contribution is 5.79. The van der Waals surface area contributed by atoms with Crippen molar-refractivity contribution in [2.75, 3.05) is 73.6 Å². The highest BCUT2D eigenvalue weighted by atomic mass is 16.5. The molecule has 0 amide bonds. The molecule has 2 heterocycles. The molecule has 2 saturated heterocycles. The number of piperidine rings is 1. The van der Waals surface area contributed by atoms with Crippen LogP contribution >= 0.6 is 0 Å². The maximum absolute atomic E-state index is 6.14. The van der Waals surface area contributed by atoms with E-state index in [0.717, 1.165) is 84.2 Å². The van der Waals surface area contributed by atoms with E-state index in [9.17, 15) is 0 Å². The van der Waals surface area contributed by atoms with Crippen LogP contribution in [-0.2, 0) is 11.3 Å². The summed E-state index contributed by atoms with van der Waals surface area (Å²) in [5.41, 5.74) is 1.40. The zero-order chi connectivity index (χ0) is 21.9. The van der Waals surface area contributed by atoms with Gasteiger partial charge in [-0.3, -0.25) is 14.8 Å². The van der Waals surface area contributed by atoms with E-state index in [2.05, 4.69) is 74.8 Å². The zero-order valence-corrected chi connectivity index (χ0v) is 19.7. The van der Waals surface area contributed by atoms with Crippen LogP contribution in [-0.4, -0.2) is 106 Å². The second-order valence-corrected chi connectivity index (χ2v) is 8.96. The number of rotatable bonds is 9. The van der Waals surface area contributed by atoms with Gasteiger partial charge in [0.05, 0.1) is 6.10 Å². The Balaban J connectivity index is 1.23. The van der Waals surface area contributed by atoms with Gasteiger partial charge in [0.2, 0.25) is 0 Å². The Kier molecular flexibility index (Phi) is 10.1. The third-order valence-corrected chi connectivity index (χ3v) is 6.46. The van der Waals surface area contributed by atoms with E-state index in [4.69, 9.17) is 4.74 Å². The van der Waals surface area contributed by atoms with Gasteiger partial charge in [-0.05, 0) is 38.9 Å². The molecule has 7 heteroatoms. The molecule has 2 aliphatic rings.